The molecule has 0 saturated carbocycles. The average Bonchev–Trinajstić information content (AvgIpc) is 2.77. The summed E-state index contributed by atoms with van der Waals surface area (Å²) >= 11 is 14.5. The molecule has 100 valence electrons. The maximum atomic E-state index is 6.42. The highest BCUT2D eigenvalue weighted by Gasteiger charge is 2.17. The molecule has 0 unspecified atom stereocenters. The molecule has 3 rings (SSSR count). The van der Waals surface area contributed by atoms with Crippen LogP contribution in [0.2, 0.25) is 10.0 Å². The fourth-order valence-corrected chi connectivity index (χ4v) is 3.90. The predicted octanol–water partition coefficient (Wildman–Crippen LogP) is 6.70. The van der Waals surface area contributed by atoms with Gasteiger partial charge in [-0.15, -0.1) is 11.3 Å². The lowest BCUT2D eigenvalue weighted by Gasteiger charge is -1.99. The summed E-state index contributed by atoms with van der Waals surface area (Å²) in [7, 11) is 0. The molecule has 0 atom stereocenters. The van der Waals surface area contributed by atoms with Crippen LogP contribution in [0.4, 0.5) is 0 Å². The highest BCUT2D eigenvalue weighted by Crippen LogP contribution is 2.47. The molecule has 0 saturated heterocycles. The fourth-order valence-electron chi connectivity index (χ4n) is 2.06. The minimum Gasteiger partial charge on any atom is -0.132 e. The summed E-state index contributed by atoms with van der Waals surface area (Å²) in [5.41, 5.74) is 3.44. The second-order valence-electron chi connectivity index (χ2n) is 4.62. The third-order valence-corrected chi connectivity index (χ3v) is 5.51. The summed E-state index contributed by atoms with van der Waals surface area (Å²) in [6.07, 6.45) is 0. The van der Waals surface area contributed by atoms with Crippen molar-refractivity contribution in [3.63, 3.8) is 0 Å². The van der Waals surface area contributed by atoms with Gasteiger partial charge in [-0.3, -0.25) is 0 Å². The summed E-state index contributed by atoms with van der Waals surface area (Å²) < 4.78 is 0. The van der Waals surface area contributed by atoms with Crippen molar-refractivity contribution in [3.8, 4) is 20.9 Å². The van der Waals surface area contributed by atoms with Crippen LogP contribution in [0.3, 0.4) is 0 Å². The molecule has 0 aliphatic heterocycles. The number of hydrogen-bond acceptors (Lipinski definition) is 1. The predicted molar refractivity (Wildman–Crippen MR) is 89.9 cm³/mol. The Kier molecular flexibility index (Phi) is 3.84. The molecular formula is C17H12Cl2S. The maximum Gasteiger partial charge on any atom is 0.0785 e. The maximum absolute atomic E-state index is 6.42. The fraction of sp³-hybridized carbons (Fsp3) is 0.0588. The van der Waals surface area contributed by atoms with Crippen molar-refractivity contribution in [2.75, 3.05) is 0 Å². The number of hydrogen-bond donors (Lipinski definition) is 0. The van der Waals surface area contributed by atoms with E-state index in [9.17, 15) is 0 Å². The first-order valence-electron chi connectivity index (χ1n) is 6.27. The molecule has 0 radical (unpaired) electrons. The average molecular weight is 319 g/mol. The number of rotatable bonds is 2. The van der Waals surface area contributed by atoms with Crippen LogP contribution in [0.15, 0.2) is 54.6 Å². The number of aryl methyl sites for hydroxylation is 1. The zero-order valence-corrected chi connectivity index (χ0v) is 13.2. The van der Waals surface area contributed by atoms with E-state index >= 15 is 0 Å². The molecule has 3 heteroatoms. The van der Waals surface area contributed by atoms with E-state index in [0.29, 0.717) is 10.0 Å². The van der Waals surface area contributed by atoms with Crippen molar-refractivity contribution >= 4 is 34.5 Å². The first-order valence-corrected chi connectivity index (χ1v) is 7.84. The molecule has 3 aromatic rings. The molecule has 0 N–H and O–H groups in total. The number of halogens is 2. The Morgan fingerprint density at radius 3 is 1.75 bits per heavy atom. The van der Waals surface area contributed by atoms with Crippen LogP contribution in [0, 0.1) is 6.92 Å². The highest BCUT2D eigenvalue weighted by atomic mass is 35.5. The van der Waals surface area contributed by atoms with E-state index in [2.05, 4.69) is 31.2 Å². The van der Waals surface area contributed by atoms with E-state index in [4.69, 9.17) is 23.2 Å². The Balaban J connectivity index is 2.13. The van der Waals surface area contributed by atoms with Gasteiger partial charge < -0.3 is 0 Å². The van der Waals surface area contributed by atoms with Gasteiger partial charge in [-0.1, -0.05) is 83.4 Å². The lowest BCUT2D eigenvalue weighted by Crippen LogP contribution is -1.74. The van der Waals surface area contributed by atoms with Gasteiger partial charge in [0.2, 0.25) is 0 Å². The Labute approximate surface area is 132 Å². The third kappa shape index (κ3) is 2.49. The van der Waals surface area contributed by atoms with Crippen molar-refractivity contribution in [1.29, 1.82) is 0 Å². The SMILES string of the molecule is Cc1ccc(-c2sc(-c3ccccc3)c(Cl)c2Cl)cc1. The van der Waals surface area contributed by atoms with Gasteiger partial charge in [-0.05, 0) is 18.1 Å². The highest BCUT2D eigenvalue weighted by molar-refractivity contribution is 7.20. The molecule has 2 aromatic carbocycles. The molecule has 0 nitrogen and oxygen atoms in total. The zero-order chi connectivity index (χ0) is 14.1. The summed E-state index contributed by atoms with van der Waals surface area (Å²) in [5.74, 6) is 0. The van der Waals surface area contributed by atoms with Crippen LogP contribution >= 0.6 is 34.5 Å². The molecule has 1 aromatic heterocycles. The van der Waals surface area contributed by atoms with E-state index in [1.54, 1.807) is 11.3 Å². The van der Waals surface area contributed by atoms with E-state index in [1.165, 1.54) is 5.56 Å². The van der Waals surface area contributed by atoms with Gasteiger partial charge in [0.1, 0.15) is 0 Å². The van der Waals surface area contributed by atoms with Gasteiger partial charge in [0.05, 0.1) is 19.8 Å². The molecular weight excluding hydrogens is 307 g/mol. The smallest absolute Gasteiger partial charge is 0.0785 e. The van der Waals surface area contributed by atoms with Crippen molar-refractivity contribution in [2.24, 2.45) is 0 Å². The van der Waals surface area contributed by atoms with Gasteiger partial charge in [0.15, 0.2) is 0 Å². The second-order valence-corrected chi connectivity index (χ2v) is 6.40. The molecule has 20 heavy (non-hydrogen) atoms. The van der Waals surface area contributed by atoms with Crippen LogP contribution in [-0.4, -0.2) is 0 Å². The summed E-state index contributed by atoms with van der Waals surface area (Å²) in [4.78, 5) is 2.04. The van der Waals surface area contributed by atoms with Crippen LogP contribution in [0.25, 0.3) is 20.9 Å². The largest absolute Gasteiger partial charge is 0.132 e. The van der Waals surface area contributed by atoms with Crippen LogP contribution < -0.4 is 0 Å². The van der Waals surface area contributed by atoms with Gasteiger partial charge in [-0.2, -0.15) is 0 Å². The van der Waals surface area contributed by atoms with E-state index in [1.807, 2.05) is 30.3 Å². The summed E-state index contributed by atoms with van der Waals surface area (Å²) in [6, 6.07) is 18.4. The van der Waals surface area contributed by atoms with Gasteiger partial charge >= 0.3 is 0 Å². The standard InChI is InChI=1S/C17H12Cl2S/c1-11-7-9-13(10-8-11)17-15(19)14(18)16(20-17)12-5-3-2-4-6-12/h2-10H,1H3. The third-order valence-electron chi connectivity index (χ3n) is 3.15. The minimum absolute atomic E-state index is 0.637. The van der Waals surface area contributed by atoms with Crippen LogP contribution in [-0.2, 0) is 0 Å². The zero-order valence-electron chi connectivity index (χ0n) is 10.9. The number of benzene rings is 2. The van der Waals surface area contributed by atoms with Crippen molar-refractivity contribution in [3.05, 3.63) is 70.2 Å². The molecule has 0 aliphatic carbocycles. The van der Waals surface area contributed by atoms with E-state index < -0.39 is 0 Å². The van der Waals surface area contributed by atoms with Crippen molar-refractivity contribution in [1.82, 2.24) is 0 Å². The first kappa shape index (κ1) is 13.7. The van der Waals surface area contributed by atoms with Crippen LogP contribution in [0.1, 0.15) is 5.56 Å². The summed E-state index contributed by atoms with van der Waals surface area (Å²) in [5, 5.41) is 1.28. The molecule has 1 heterocycles. The van der Waals surface area contributed by atoms with E-state index in [-0.39, 0.29) is 0 Å². The molecule has 0 spiro atoms. The topological polar surface area (TPSA) is 0 Å². The Hall–Kier alpha value is -1.28. The van der Waals surface area contributed by atoms with Gasteiger partial charge in [-0.25, -0.2) is 0 Å². The monoisotopic (exact) mass is 318 g/mol. The molecule has 0 amide bonds. The van der Waals surface area contributed by atoms with E-state index in [0.717, 1.165) is 20.9 Å². The second kappa shape index (κ2) is 5.61. The van der Waals surface area contributed by atoms with Crippen molar-refractivity contribution in [2.45, 2.75) is 6.92 Å². The lowest BCUT2D eigenvalue weighted by atomic mass is 10.1. The molecule has 0 fully saturated rings. The Morgan fingerprint density at radius 1 is 0.700 bits per heavy atom. The number of thiophene rings is 1. The molecule has 0 bridgehead atoms. The Bertz CT molecular complexity index is 728. The Morgan fingerprint density at radius 2 is 1.20 bits per heavy atom. The van der Waals surface area contributed by atoms with Gasteiger partial charge in [0, 0.05) is 0 Å². The normalized spacial score (nSPS) is 10.8. The lowest BCUT2D eigenvalue weighted by molar-refractivity contribution is 1.48. The summed E-state index contributed by atoms with van der Waals surface area (Å²) in [6.45, 7) is 2.07. The van der Waals surface area contributed by atoms with Crippen molar-refractivity contribution < 1.29 is 0 Å². The van der Waals surface area contributed by atoms with Crippen LogP contribution in [0.5, 0.6) is 0 Å². The molecule has 0 aliphatic rings. The minimum atomic E-state index is 0.637. The first-order chi connectivity index (χ1) is 9.66. The van der Waals surface area contributed by atoms with Gasteiger partial charge in [0.25, 0.3) is 0 Å². The quantitative estimate of drug-likeness (QED) is 0.493.